The summed E-state index contributed by atoms with van der Waals surface area (Å²) in [6, 6.07) is 16.5. The maximum Gasteiger partial charge on any atom is 0.0390 e. The van der Waals surface area contributed by atoms with Gasteiger partial charge in [0.25, 0.3) is 0 Å². The first-order valence-electron chi connectivity index (χ1n) is 5.57. The minimum Gasteiger partial charge on any atom is -0.356 e. The lowest BCUT2D eigenvalue weighted by Crippen LogP contribution is -1.90. The molecule has 0 amide bonds. The van der Waals surface area contributed by atoms with Crippen molar-refractivity contribution in [3.05, 3.63) is 72.0 Å². The normalized spacial score (nSPS) is 9.47. The highest BCUT2D eigenvalue weighted by molar-refractivity contribution is 5.63. The van der Waals surface area contributed by atoms with Gasteiger partial charge in [0, 0.05) is 11.4 Å². The molecule has 0 fully saturated rings. The lowest BCUT2D eigenvalue weighted by atomic mass is 10.2. The van der Waals surface area contributed by atoms with Crippen LogP contribution in [0.1, 0.15) is 11.1 Å². The van der Waals surface area contributed by atoms with Gasteiger partial charge in [-0.25, -0.2) is 0 Å². The molecule has 0 aliphatic rings. The molecule has 0 saturated carbocycles. The third kappa shape index (κ3) is 3.10. The summed E-state index contributed by atoms with van der Waals surface area (Å²) in [7, 11) is 0. The zero-order valence-electron chi connectivity index (χ0n) is 9.90. The number of benzene rings is 2. The first kappa shape index (κ1) is 11.3. The third-order valence-electron chi connectivity index (χ3n) is 2.50. The molecule has 17 heavy (non-hydrogen) atoms. The van der Waals surface area contributed by atoms with Crippen LogP contribution in [0.25, 0.3) is 6.08 Å². The van der Waals surface area contributed by atoms with Crippen LogP contribution in [0, 0.1) is 6.92 Å². The fraction of sp³-hybridized carbons (Fsp3) is 0.0625. The summed E-state index contributed by atoms with van der Waals surface area (Å²) in [5, 5.41) is 3.36. The molecular formula is C16H15N. The molecule has 1 N–H and O–H groups in total. The molecule has 0 aliphatic carbocycles. The fourth-order valence-electron chi connectivity index (χ4n) is 1.63. The quantitative estimate of drug-likeness (QED) is 0.750. The van der Waals surface area contributed by atoms with E-state index in [2.05, 4.69) is 54.9 Å². The summed E-state index contributed by atoms with van der Waals surface area (Å²) < 4.78 is 0. The summed E-state index contributed by atoms with van der Waals surface area (Å²) in [4.78, 5) is 0. The van der Waals surface area contributed by atoms with E-state index in [0.717, 1.165) is 16.9 Å². The van der Waals surface area contributed by atoms with Crippen LogP contribution in [0.3, 0.4) is 0 Å². The Kier molecular flexibility index (Phi) is 3.44. The van der Waals surface area contributed by atoms with Crippen LogP contribution >= 0.6 is 0 Å². The molecule has 0 spiro atoms. The molecule has 1 heteroatoms. The largest absolute Gasteiger partial charge is 0.356 e. The average Bonchev–Trinajstić information content (AvgIpc) is 2.33. The highest BCUT2D eigenvalue weighted by Gasteiger charge is 1.95. The predicted octanol–water partition coefficient (Wildman–Crippen LogP) is 4.54. The Labute approximate surface area is 102 Å². The van der Waals surface area contributed by atoms with E-state index in [0.29, 0.717) is 0 Å². The molecule has 0 heterocycles. The van der Waals surface area contributed by atoms with E-state index in [1.807, 2.05) is 24.3 Å². The second-order valence-corrected chi connectivity index (χ2v) is 3.96. The molecule has 2 aromatic rings. The molecule has 2 aromatic carbocycles. The molecular weight excluding hydrogens is 206 g/mol. The Morgan fingerprint density at radius 1 is 1.06 bits per heavy atom. The molecule has 0 bridgehead atoms. The first-order chi connectivity index (χ1) is 8.28. The molecule has 0 radical (unpaired) electrons. The first-order valence-corrected chi connectivity index (χ1v) is 5.57. The topological polar surface area (TPSA) is 12.0 Å². The Morgan fingerprint density at radius 3 is 2.53 bits per heavy atom. The highest BCUT2D eigenvalue weighted by atomic mass is 14.9. The van der Waals surface area contributed by atoms with Crippen LogP contribution in [0.5, 0.6) is 0 Å². The standard InChI is InChI=1S/C16H15N/c1-3-5-14-6-4-7-16(12-14)17-15-10-8-13(2)9-11-15/h4-12,17H,1H2,2H3. The molecule has 0 aliphatic heterocycles. The van der Waals surface area contributed by atoms with Crippen LogP contribution in [0.4, 0.5) is 11.4 Å². The molecule has 0 saturated heterocycles. The number of aryl methyl sites for hydroxylation is 1. The van der Waals surface area contributed by atoms with E-state index >= 15 is 0 Å². The van der Waals surface area contributed by atoms with E-state index in [1.54, 1.807) is 0 Å². The number of hydrogen-bond donors (Lipinski definition) is 1. The minimum absolute atomic E-state index is 1.07. The number of hydrogen-bond acceptors (Lipinski definition) is 1. The summed E-state index contributed by atoms with van der Waals surface area (Å²) in [6.07, 6.45) is 1.86. The van der Waals surface area contributed by atoms with Gasteiger partial charge < -0.3 is 5.32 Å². The molecule has 0 atom stereocenters. The van der Waals surface area contributed by atoms with Crippen molar-refractivity contribution in [2.75, 3.05) is 5.32 Å². The maximum absolute atomic E-state index is 3.58. The van der Waals surface area contributed by atoms with Crippen LogP contribution in [0.15, 0.2) is 60.8 Å². The van der Waals surface area contributed by atoms with Gasteiger partial charge in [0.2, 0.25) is 0 Å². The van der Waals surface area contributed by atoms with E-state index < -0.39 is 0 Å². The Morgan fingerprint density at radius 2 is 1.82 bits per heavy atom. The van der Waals surface area contributed by atoms with Gasteiger partial charge in [-0.05, 0) is 42.8 Å². The minimum atomic E-state index is 1.07. The van der Waals surface area contributed by atoms with Gasteiger partial charge in [0.05, 0.1) is 0 Å². The zero-order valence-corrected chi connectivity index (χ0v) is 9.90. The molecule has 0 unspecified atom stereocenters. The summed E-state index contributed by atoms with van der Waals surface area (Å²) in [5.41, 5.74) is 7.30. The smallest absolute Gasteiger partial charge is 0.0390 e. The fourth-order valence-corrected chi connectivity index (χ4v) is 1.63. The van der Waals surface area contributed by atoms with E-state index in [9.17, 15) is 0 Å². The van der Waals surface area contributed by atoms with Crippen molar-refractivity contribution in [2.24, 2.45) is 0 Å². The monoisotopic (exact) mass is 221 g/mol. The van der Waals surface area contributed by atoms with Crippen molar-refractivity contribution in [1.82, 2.24) is 0 Å². The lowest BCUT2D eigenvalue weighted by molar-refractivity contribution is 1.45. The number of rotatable bonds is 3. The van der Waals surface area contributed by atoms with Crippen LogP contribution in [-0.4, -0.2) is 0 Å². The molecule has 2 rings (SSSR count). The van der Waals surface area contributed by atoms with E-state index in [1.165, 1.54) is 5.56 Å². The summed E-state index contributed by atoms with van der Waals surface area (Å²) >= 11 is 0. The number of anilines is 2. The average molecular weight is 221 g/mol. The zero-order chi connectivity index (χ0) is 12.1. The van der Waals surface area contributed by atoms with Crippen LogP contribution in [0.2, 0.25) is 0 Å². The Hall–Kier alpha value is -2.24. The Bertz CT molecular complexity index is 546. The second-order valence-electron chi connectivity index (χ2n) is 3.96. The van der Waals surface area contributed by atoms with Crippen molar-refractivity contribution >= 4 is 17.5 Å². The number of nitrogens with one attached hydrogen (secondary N) is 1. The third-order valence-corrected chi connectivity index (χ3v) is 2.50. The second kappa shape index (κ2) is 5.20. The highest BCUT2D eigenvalue weighted by Crippen LogP contribution is 2.18. The van der Waals surface area contributed by atoms with Crippen LogP contribution < -0.4 is 5.32 Å². The van der Waals surface area contributed by atoms with Gasteiger partial charge in [-0.3, -0.25) is 0 Å². The van der Waals surface area contributed by atoms with Gasteiger partial charge in [0.15, 0.2) is 0 Å². The molecule has 1 nitrogen and oxygen atoms in total. The van der Waals surface area contributed by atoms with Gasteiger partial charge in [0.1, 0.15) is 0 Å². The van der Waals surface area contributed by atoms with Gasteiger partial charge in [-0.1, -0.05) is 36.4 Å². The van der Waals surface area contributed by atoms with Gasteiger partial charge >= 0.3 is 0 Å². The van der Waals surface area contributed by atoms with Gasteiger partial charge in [-0.15, -0.1) is 5.73 Å². The van der Waals surface area contributed by atoms with Crippen molar-refractivity contribution < 1.29 is 0 Å². The Balaban J connectivity index is 2.20. The van der Waals surface area contributed by atoms with Crippen molar-refractivity contribution in [1.29, 1.82) is 0 Å². The molecule has 84 valence electrons. The maximum atomic E-state index is 3.58. The summed E-state index contributed by atoms with van der Waals surface area (Å²) in [6.45, 7) is 5.66. The SMILES string of the molecule is C=C=Cc1cccc(Nc2ccc(C)cc2)c1. The van der Waals surface area contributed by atoms with Gasteiger partial charge in [-0.2, -0.15) is 0 Å². The van der Waals surface area contributed by atoms with E-state index in [4.69, 9.17) is 0 Å². The van der Waals surface area contributed by atoms with E-state index in [-0.39, 0.29) is 0 Å². The molecule has 0 aromatic heterocycles. The van der Waals surface area contributed by atoms with Crippen molar-refractivity contribution in [2.45, 2.75) is 6.92 Å². The lowest BCUT2D eigenvalue weighted by Gasteiger charge is -2.07. The summed E-state index contributed by atoms with van der Waals surface area (Å²) in [5.74, 6) is 0. The van der Waals surface area contributed by atoms with Crippen molar-refractivity contribution in [3.63, 3.8) is 0 Å². The predicted molar refractivity (Wildman–Crippen MR) is 74.5 cm³/mol. The van der Waals surface area contributed by atoms with Crippen LogP contribution in [-0.2, 0) is 0 Å². The van der Waals surface area contributed by atoms with Crippen molar-refractivity contribution in [3.8, 4) is 0 Å².